The number of nitrogens with zero attached hydrogens (tertiary/aromatic N) is 2. The van der Waals surface area contributed by atoms with Crippen LogP contribution in [0.5, 0.6) is 0 Å². The number of carbonyl (C=O) groups is 2. The molecule has 21 heavy (non-hydrogen) atoms. The summed E-state index contributed by atoms with van der Waals surface area (Å²) in [6, 6.07) is -0.832. The Morgan fingerprint density at radius 3 is 2.57 bits per heavy atom. The second kappa shape index (κ2) is 9.51. The predicted molar refractivity (Wildman–Crippen MR) is 78.6 cm³/mol. The molecule has 0 bridgehead atoms. The molecule has 1 amide bonds. The Hall–Kier alpha value is -1.41. The van der Waals surface area contributed by atoms with Crippen LogP contribution in [-0.2, 0) is 9.53 Å². The van der Waals surface area contributed by atoms with Crippen LogP contribution in [0, 0.1) is 0 Å². The van der Waals surface area contributed by atoms with Crippen molar-refractivity contribution in [1.82, 2.24) is 5.32 Å². The number of amides is 1. The molecule has 0 aliphatic carbocycles. The molecule has 0 fully saturated rings. The highest BCUT2D eigenvalue weighted by Crippen LogP contribution is 2.31. The second-order valence-electron chi connectivity index (χ2n) is 5.02. The molecule has 0 aromatic heterocycles. The first kappa shape index (κ1) is 19.6. The normalized spacial score (nSPS) is 15.7. The highest BCUT2D eigenvalue weighted by atomic mass is 35.5. The Morgan fingerprint density at radius 1 is 1.33 bits per heavy atom. The van der Waals surface area contributed by atoms with Gasteiger partial charge in [0.05, 0.1) is 6.61 Å². The zero-order valence-electron chi connectivity index (χ0n) is 12.1. The molecule has 0 saturated heterocycles. The van der Waals surface area contributed by atoms with Crippen molar-refractivity contribution in [3.05, 3.63) is 0 Å². The van der Waals surface area contributed by atoms with E-state index in [0.29, 0.717) is 32.4 Å². The number of alkyl carbamates (subject to hydrolysis) is 1. The molecule has 0 aromatic carbocycles. The Labute approximate surface area is 129 Å². The molecule has 9 heteroatoms. The molecule has 0 spiro atoms. The summed E-state index contributed by atoms with van der Waals surface area (Å²) in [6.07, 6.45) is 2.78. The van der Waals surface area contributed by atoms with E-state index in [-0.39, 0.29) is 18.1 Å². The first-order valence-electron chi connectivity index (χ1n) is 6.76. The van der Waals surface area contributed by atoms with Gasteiger partial charge in [0.25, 0.3) is 0 Å². The number of carboxylic acid groups (broad SMARTS) is 1. The number of aliphatic carboxylic acids is 1. The number of hydrogen-bond donors (Lipinski definition) is 3. The Balaban J connectivity index is 0.00000400. The van der Waals surface area contributed by atoms with Gasteiger partial charge in [-0.1, -0.05) is 0 Å². The third-order valence-electron chi connectivity index (χ3n) is 3.00. The molecule has 122 valence electrons. The average molecular weight is 323 g/mol. The van der Waals surface area contributed by atoms with Crippen LogP contribution in [0.15, 0.2) is 10.2 Å². The summed E-state index contributed by atoms with van der Waals surface area (Å²) in [5, 5.41) is 18.9. The van der Waals surface area contributed by atoms with Gasteiger partial charge in [0.1, 0.15) is 6.04 Å². The van der Waals surface area contributed by atoms with E-state index in [1.54, 1.807) is 0 Å². The fourth-order valence-corrected chi connectivity index (χ4v) is 1.61. The summed E-state index contributed by atoms with van der Waals surface area (Å²) in [5.74, 6) is -1.000. The minimum atomic E-state index is -1.000. The highest BCUT2D eigenvalue weighted by Gasteiger charge is 2.32. The van der Waals surface area contributed by atoms with E-state index in [1.807, 2.05) is 6.92 Å². The molecule has 0 saturated carbocycles. The van der Waals surface area contributed by atoms with Gasteiger partial charge < -0.3 is 20.9 Å². The number of nitrogens with one attached hydrogen (secondary N) is 1. The van der Waals surface area contributed by atoms with Gasteiger partial charge >= 0.3 is 12.1 Å². The smallest absolute Gasteiger partial charge is 0.407 e. The number of carboxylic acids is 1. The topological polar surface area (TPSA) is 126 Å². The monoisotopic (exact) mass is 322 g/mol. The predicted octanol–water partition coefficient (Wildman–Crippen LogP) is 1.68. The maximum atomic E-state index is 11.3. The van der Waals surface area contributed by atoms with E-state index in [2.05, 4.69) is 15.5 Å². The van der Waals surface area contributed by atoms with E-state index in [0.717, 1.165) is 12.8 Å². The quantitative estimate of drug-likeness (QED) is 0.527. The molecule has 1 aliphatic heterocycles. The van der Waals surface area contributed by atoms with Gasteiger partial charge in [-0.05, 0) is 39.0 Å². The molecule has 4 N–H and O–H groups in total. The molecule has 0 aromatic rings. The Morgan fingerprint density at radius 2 is 2.00 bits per heavy atom. The number of hydrogen-bond acceptors (Lipinski definition) is 6. The van der Waals surface area contributed by atoms with Crippen LogP contribution < -0.4 is 11.1 Å². The van der Waals surface area contributed by atoms with Crippen molar-refractivity contribution < 1.29 is 19.4 Å². The van der Waals surface area contributed by atoms with Crippen LogP contribution in [0.4, 0.5) is 4.79 Å². The van der Waals surface area contributed by atoms with Crippen LogP contribution in [0.3, 0.4) is 0 Å². The molecule has 0 unspecified atom stereocenters. The highest BCUT2D eigenvalue weighted by molar-refractivity contribution is 5.85. The first-order valence-corrected chi connectivity index (χ1v) is 6.76. The van der Waals surface area contributed by atoms with Gasteiger partial charge in [0, 0.05) is 6.54 Å². The summed E-state index contributed by atoms with van der Waals surface area (Å²) in [4.78, 5) is 21.8. The third-order valence-corrected chi connectivity index (χ3v) is 3.00. The number of rotatable bonds is 10. The van der Waals surface area contributed by atoms with Crippen LogP contribution in [0.2, 0.25) is 0 Å². The summed E-state index contributed by atoms with van der Waals surface area (Å²) >= 11 is 0. The van der Waals surface area contributed by atoms with Gasteiger partial charge in [-0.25, -0.2) is 4.79 Å². The summed E-state index contributed by atoms with van der Waals surface area (Å²) in [7, 11) is 0. The van der Waals surface area contributed by atoms with E-state index in [9.17, 15) is 9.59 Å². The summed E-state index contributed by atoms with van der Waals surface area (Å²) < 4.78 is 4.98. The summed E-state index contributed by atoms with van der Waals surface area (Å²) in [5.41, 5.74) is 5.11. The van der Waals surface area contributed by atoms with Crippen LogP contribution in [0.1, 0.15) is 39.0 Å². The van der Waals surface area contributed by atoms with Gasteiger partial charge in [0.2, 0.25) is 0 Å². The second-order valence-corrected chi connectivity index (χ2v) is 5.02. The van der Waals surface area contributed by atoms with Crippen molar-refractivity contribution >= 4 is 24.5 Å². The van der Waals surface area contributed by atoms with Gasteiger partial charge in [-0.3, -0.25) is 4.79 Å². The van der Waals surface area contributed by atoms with E-state index < -0.39 is 18.1 Å². The molecular formula is C12H23ClN4O4. The lowest BCUT2D eigenvalue weighted by molar-refractivity contribution is -0.138. The van der Waals surface area contributed by atoms with Crippen LogP contribution in [-0.4, -0.2) is 42.0 Å². The lowest BCUT2D eigenvalue weighted by Crippen LogP contribution is -2.30. The number of ether oxygens (including phenoxy) is 1. The Kier molecular flexibility index (Phi) is 8.87. The minimum Gasteiger partial charge on any atom is -0.480 e. The zero-order valence-corrected chi connectivity index (χ0v) is 12.9. The molecule has 1 rings (SSSR count). The van der Waals surface area contributed by atoms with Crippen LogP contribution >= 0.6 is 12.4 Å². The van der Waals surface area contributed by atoms with Gasteiger partial charge in [-0.15, -0.1) is 12.4 Å². The van der Waals surface area contributed by atoms with Crippen molar-refractivity contribution in [3.63, 3.8) is 0 Å². The van der Waals surface area contributed by atoms with Gasteiger partial charge in [0.15, 0.2) is 5.66 Å². The molecule has 0 radical (unpaired) electrons. The fraction of sp³-hybridized carbons (Fsp3) is 0.833. The number of nitrogens with two attached hydrogens (primary N) is 1. The molecule has 8 nitrogen and oxygen atoms in total. The standard InChI is InChI=1S/C12H22N4O4.ClH/c1-12(15-16-12)6-4-8-20-11(19)14-7-3-2-5-9(13)10(17)18;/h9H,2-8,13H2,1H3,(H,14,19)(H,17,18);1H/t9-;/m0./s1. The van der Waals surface area contributed by atoms with Gasteiger partial charge in [-0.2, -0.15) is 10.2 Å². The number of carbonyl (C=O) groups excluding carboxylic acids is 1. The maximum Gasteiger partial charge on any atom is 0.407 e. The van der Waals surface area contributed by atoms with E-state index in [1.165, 1.54) is 0 Å². The van der Waals surface area contributed by atoms with Crippen molar-refractivity contribution in [3.8, 4) is 0 Å². The van der Waals surface area contributed by atoms with E-state index in [4.69, 9.17) is 15.6 Å². The van der Waals surface area contributed by atoms with E-state index >= 15 is 0 Å². The molecule has 1 aliphatic rings. The first-order chi connectivity index (χ1) is 9.43. The van der Waals surface area contributed by atoms with Crippen molar-refractivity contribution in [2.45, 2.75) is 50.7 Å². The van der Waals surface area contributed by atoms with Crippen LogP contribution in [0.25, 0.3) is 0 Å². The molecule has 1 heterocycles. The SMILES string of the molecule is CC1(CCCOC(=O)NCCCC[C@H](N)C(=O)O)N=N1.Cl. The Bertz CT molecular complexity index is 372. The number of halogens is 1. The largest absolute Gasteiger partial charge is 0.480 e. The maximum absolute atomic E-state index is 11.3. The number of unbranched alkanes of at least 4 members (excludes halogenated alkanes) is 1. The zero-order chi connectivity index (χ0) is 15.0. The molecular weight excluding hydrogens is 300 g/mol. The molecule has 1 atom stereocenters. The third kappa shape index (κ3) is 9.19. The minimum absolute atomic E-state index is 0. The lowest BCUT2D eigenvalue weighted by Gasteiger charge is -2.08. The average Bonchev–Trinajstić information content (AvgIpc) is 3.12. The lowest BCUT2D eigenvalue weighted by atomic mass is 10.1. The fourth-order valence-electron chi connectivity index (χ4n) is 1.61. The van der Waals surface area contributed by atoms with Crippen molar-refractivity contribution in [2.24, 2.45) is 16.0 Å². The van der Waals surface area contributed by atoms with Crippen molar-refractivity contribution in [2.75, 3.05) is 13.2 Å². The van der Waals surface area contributed by atoms with Crippen molar-refractivity contribution in [1.29, 1.82) is 0 Å². The summed E-state index contributed by atoms with van der Waals surface area (Å²) in [6.45, 7) is 2.72.